The molecule has 0 aliphatic carbocycles. The second-order valence-corrected chi connectivity index (χ2v) is 4.77. The van der Waals surface area contributed by atoms with Gasteiger partial charge in [-0.2, -0.15) is 0 Å². The lowest BCUT2D eigenvalue weighted by Gasteiger charge is -2.03. The molecule has 0 aliphatic rings. The fourth-order valence-electron chi connectivity index (χ4n) is 1.88. The highest BCUT2D eigenvalue weighted by Gasteiger charge is 2.13. The molecule has 0 unspecified atom stereocenters. The van der Waals surface area contributed by atoms with Crippen molar-refractivity contribution < 1.29 is 23.8 Å². The van der Waals surface area contributed by atoms with E-state index in [0.717, 1.165) is 5.56 Å². The minimum absolute atomic E-state index is 0.108. The van der Waals surface area contributed by atoms with Crippen molar-refractivity contribution in [3.63, 3.8) is 0 Å². The number of hydrogen-bond acceptors (Lipinski definition) is 3. The molecule has 0 saturated heterocycles. The first-order chi connectivity index (χ1) is 11.1. The van der Waals surface area contributed by atoms with Crippen LogP contribution in [-0.4, -0.2) is 23.5 Å². The second kappa shape index (κ2) is 7.89. The Kier molecular flexibility index (Phi) is 5.63. The van der Waals surface area contributed by atoms with E-state index >= 15 is 0 Å². The molecule has 23 heavy (non-hydrogen) atoms. The number of aliphatic carboxylic acids is 1. The molecule has 2 rings (SSSR count). The number of ether oxygens (including phenoxy) is 1. The van der Waals surface area contributed by atoms with Gasteiger partial charge in [0.15, 0.2) is 0 Å². The average molecular weight is 314 g/mol. The van der Waals surface area contributed by atoms with Crippen molar-refractivity contribution in [1.29, 1.82) is 0 Å². The van der Waals surface area contributed by atoms with Crippen LogP contribution in [0.3, 0.4) is 0 Å². The van der Waals surface area contributed by atoms with Crippen molar-refractivity contribution in [1.82, 2.24) is 0 Å². The Morgan fingerprint density at radius 2 is 1.65 bits per heavy atom. The molecular formula is C18H15FO4. The minimum Gasteiger partial charge on any atom is -0.490 e. The molecule has 0 saturated carbocycles. The van der Waals surface area contributed by atoms with E-state index in [9.17, 15) is 14.0 Å². The summed E-state index contributed by atoms with van der Waals surface area (Å²) in [4.78, 5) is 21.8. The van der Waals surface area contributed by atoms with Crippen LogP contribution in [0, 0.1) is 5.82 Å². The van der Waals surface area contributed by atoms with Crippen LogP contribution in [0.15, 0.2) is 60.7 Å². The van der Waals surface area contributed by atoms with Gasteiger partial charge in [-0.3, -0.25) is 4.79 Å². The number of allylic oxidation sites excluding steroid dienone is 1. The largest absolute Gasteiger partial charge is 0.490 e. The molecule has 0 heterocycles. The molecule has 1 N–H and O–H groups in total. The predicted molar refractivity (Wildman–Crippen MR) is 83.1 cm³/mol. The molecule has 4 nitrogen and oxygen atoms in total. The van der Waals surface area contributed by atoms with Gasteiger partial charge in [0, 0.05) is 5.56 Å². The van der Waals surface area contributed by atoms with Crippen LogP contribution >= 0.6 is 0 Å². The van der Waals surface area contributed by atoms with E-state index < -0.39 is 11.8 Å². The number of rotatable bonds is 7. The average Bonchev–Trinajstić information content (AvgIpc) is 2.56. The van der Waals surface area contributed by atoms with E-state index in [1.807, 2.05) is 12.2 Å². The number of carboxylic acids is 1. The van der Waals surface area contributed by atoms with E-state index in [4.69, 9.17) is 9.84 Å². The first-order valence-electron chi connectivity index (χ1n) is 6.96. The van der Waals surface area contributed by atoms with E-state index in [0.29, 0.717) is 18.8 Å². The number of carbonyl (C=O) groups excluding carboxylic acids is 1. The number of carboxylic acid groups (broad SMARTS) is 1. The molecule has 0 radical (unpaired) electrons. The summed E-state index contributed by atoms with van der Waals surface area (Å²) in [5.41, 5.74) is 1.11. The van der Waals surface area contributed by atoms with E-state index in [1.54, 1.807) is 24.3 Å². The number of ketones is 1. The Balaban J connectivity index is 1.79. The van der Waals surface area contributed by atoms with Gasteiger partial charge in [0.05, 0.1) is 0 Å². The van der Waals surface area contributed by atoms with E-state index in [-0.39, 0.29) is 11.4 Å². The Bertz CT molecular complexity index is 703. The van der Waals surface area contributed by atoms with Gasteiger partial charge in [0.2, 0.25) is 0 Å². The van der Waals surface area contributed by atoms with E-state index in [2.05, 4.69) is 0 Å². The van der Waals surface area contributed by atoms with Crippen molar-refractivity contribution in [2.24, 2.45) is 0 Å². The lowest BCUT2D eigenvalue weighted by molar-refractivity contribution is -0.131. The predicted octanol–water partition coefficient (Wildman–Crippen LogP) is 3.27. The number of Topliss-reactive ketones (excluding diaryl/α,β-unsaturated/α-hetero) is 1. The van der Waals surface area contributed by atoms with Crippen LogP contribution in [0.4, 0.5) is 4.39 Å². The number of hydrogen-bond donors (Lipinski definition) is 1. The van der Waals surface area contributed by atoms with Gasteiger partial charge >= 0.3 is 5.97 Å². The summed E-state index contributed by atoms with van der Waals surface area (Å²) >= 11 is 0. The van der Waals surface area contributed by atoms with Crippen molar-refractivity contribution in [3.8, 4) is 5.75 Å². The van der Waals surface area contributed by atoms with Gasteiger partial charge in [-0.05, 0) is 48.4 Å². The molecule has 0 bridgehead atoms. The SMILES string of the molecule is O=C(O)C(=O)c1ccc(OCC=CCc2ccc(F)cc2)cc1. The summed E-state index contributed by atoms with van der Waals surface area (Å²) < 4.78 is 18.2. The molecule has 2 aromatic carbocycles. The van der Waals surface area contributed by atoms with Gasteiger partial charge in [0.1, 0.15) is 18.2 Å². The maximum atomic E-state index is 12.7. The highest BCUT2D eigenvalue weighted by atomic mass is 19.1. The number of halogens is 1. The van der Waals surface area contributed by atoms with Crippen LogP contribution in [0.25, 0.3) is 0 Å². The number of benzene rings is 2. The van der Waals surface area contributed by atoms with E-state index in [1.165, 1.54) is 24.3 Å². The lowest BCUT2D eigenvalue weighted by Crippen LogP contribution is -2.12. The first-order valence-corrected chi connectivity index (χ1v) is 6.96. The molecular weight excluding hydrogens is 299 g/mol. The standard InChI is InChI=1S/C18H15FO4/c19-15-8-4-13(5-9-15)3-1-2-12-23-16-10-6-14(7-11-16)17(20)18(21)22/h1-2,4-11H,3,12H2,(H,21,22). The Hall–Kier alpha value is -2.95. The molecule has 5 heteroatoms. The maximum absolute atomic E-state index is 12.7. The second-order valence-electron chi connectivity index (χ2n) is 4.77. The Labute approximate surface area is 132 Å². The van der Waals surface area contributed by atoms with Crippen molar-refractivity contribution in [3.05, 3.63) is 77.6 Å². The topological polar surface area (TPSA) is 63.6 Å². The summed E-state index contributed by atoms with van der Waals surface area (Å²) in [6, 6.07) is 12.2. The molecule has 2 aromatic rings. The van der Waals surface area contributed by atoms with Crippen LogP contribution in [0.2, 0.25) is 0 Å². The highest BCUT2D eigenvalue weighted by molar-refractivity contribution is 6.39. The first kappa shape index (κ1) is 16.4. The molecule has 118 valence electrons. The highest BCUT2D eigenvalue weighted by Crippen LogP contribution is 2.13. The lowest BCUT2D eigenvalue weighted by atomic mass is 10.1. The Morgan fingerprint density at radius 1 is 1.00 bits per heavy atom. The van der Waals surface area contributed by atoms with Crippen LogP contribution < -0.4 is 4.74 Å². The summed E-state index contributed by atoms with van der Waals surface area (Å²) in [7, 11) is 0. The van der Waals surface area contributed by atoms with Crippen molar-refractivity contribution in [2.45, 2.75) is 6.42 Å². The fraction of sp³-hybridized carbons (Fsp3) is 0.111. The van der Waals surface area contributed by atoms with Gasteiger partial charge in [-0.1, -0.05) is 24.3 Å². The zero-order valence-electron chi connectivity index (χ0n) is 12.2. The maximum Gasteiger partial charge on any atom is 0.377 e. The summed E-state index contributed by atoms with van der Waals surface area (Å²) in [5.74, 6) is -2.15. The van der Waals surface area contributed by atoms with Crippen molar-refractivity contribution in [2.75, 3.05) is 6.61 Å². The van der Waals surface area contributed by atoms with Gasteiger partial charge in [-0.15, -0.1) is 0 Å². The third-order valence-electron chi connectivity index (χ3n) is 3.09. The zero-order valence-corrected chi connectivity index (χ0v) is 12.2. The van der Waals surface area contributed by atoms with Crippen LogP contribution in [-0.2, 0) is 11.2 Å². The molecule has 0 spiro atoms. The minimum atomic E-state index is -1.48. The van der Waals surface area contributed by atoms with Gasteiger partial charge in [0.25, 0.3) is 5.78 Å². The fourth-order valence-corrected chi connectivity index (χ4v) is 1.88. The number of carbonyl (C=O) groups is 2. The van der Waals surface area contributed by atoms with Crippen molar-refractivity contribution >= 4 is 11.8 Å². The zero-order chi connectivity index (χ0) is 16.7. The normalized spacial score (nSPS) is 10.7. The summed E-state index contributed by atoms with van der Waals surface area (Å²) in [5, 5.41) is 8.60. The smallest absolute Gasteiger partial charge is 0.377 e. The van der Waals surface area contributed by atoms with Gasteiger partial charge in [-0.25, -0.2) is 9.18 Å². The quantitative estimate of drug-likeness (QED) is 0.484. The van der Waals surface area contributed by atoms with Crippen LogP contribution in [0.1, 0.15) is 15.9 Å². The molecule has 0 atom stereocenters. The summed E-state index contributed by atoms with van der Waals surface area (Å²) in [6.07, 6.45) is 4.42. The van der Waals surface area contributed by atoms with Gasteiger partial charge < -0.3 is 9.84 Å². The monoisotopic (exact) mass is 314 g/mol. The van der Waals surface area contributed by atoms with Crippen LogP contribution in [0.5, 0.6) is 5.75 Å². The molecule has 0 fully saturated rings. The molecule has 0 aromatic heterocycles. The molecule has 0 amide bonds. The molecule has 0 aliphatic heterocycles. The Morgan fingerprint density at radius 3 is 2.26 bits per heavy atom. The third kappa shape index (κ3) is 5.07. The third-order valence-corrected chi connectivity index (χ3v) is 3.09. The summed E-state index contributed by atoms with van der Waals surface area (Å²) in [6.45, 7) is 0.341.